The molecular formula is C17H24FNO2. The van der Waals surface area contributed by atoms with Gasteiger partial charge in [-0.1, -0.05) is 6.07 Å². The van der Waals surface area contributed by atoms with Gasteiger partial charge < -0.3 is 5.11 Å². The fourth-order valence-corrected chi connectivity index (χ4v) is 3.04. The molecule has 1 fully saturated rings. The highest BCUT2D eigenvalue weighted by Crippen LogP contribution is 2.34. The summed E-state index contributed by atoms with van der Waals surface area (Å²) in [5, 5.41) is 9.38. The lowest BCUT2D eigenvalue weighted by Gasteiger charge is -2.39. The van der Waals surface area contributed by atoms with E-state index in [1.807, 2.05) is 26.8 Å². The second kappa shape index (κ2) is 6.14. The number of piperidine rings is 1. The number of carbonyl (C=O) groups is 1. The first-order chi connectivity index (χ1) is 9.80. The maximum Gasteiger partial charge on any atom is 0.309 e. The Balaban J connectivity index is 2.06. The zero-order valence-electron chi connectivity index (χ0n) is 13.0. The first-order valence-corrected chi connectivity index (χ1v) is 7.51. The molecule has 116 valence electrons. The Morgan fingerprint density at radius 2 is 2.19 bits per heavy atom. The number of carboxylic acid groups (broad SMARTS) is 1. The van der Waals surface area contributed by atoms with Crippen LogP contribution in [0.2, 0.25) is 0 Å². The fraction of sp³-hybridized carbons (Fsp3) is 0.588. The van der Waals surface area contributed by atoms with Gasteiger partial charge in [-0.2, -0.15) is 0 Å². The van der Waals surface area contributed by atoms with Gasteiger partial charge in [-0.05, 0) is 69.3 Å². The highest BCUT2D eigenvalue weighted by Gasteiger charge is 2.38. The van der Waals surface area contributed by atoms with Crippen molar-refractivity contribution in [3.63, 3.8) is 0 Å². The molecular weight excluding hydrogens is 269 g/mol. The Labute approximate surface area is 125 Å². The van der Waals surface area contributed by atoms with Crippen LogP contribution in [0.5, 0.6) is 0 Å². The van der Waals surface area contributed by atoms with Gasteiger partial charge in [-0.3, -0.25) is 9.69 Å². The van der Waals surface area contributed by atoms with E-state index < -0.39 is 11.4 Å². The Morgan fingerprint density at radius 3 is 2.81 bits per heavy atom. The molecule has 0 radical (unpaired) electrons. The SMILES string of the molecule is Cc1cc(F)ccc1CN1CCCC(C(C)(C)C(=O)O)C1. The zero-order chi connectivity index (χ0) is 15.6. The van der Waals surface area contributed by atoms with Crippen LogP contribution in [-0.4, -0.2) is 29.1 Å². The number of aryl methyl sites for hydroxylation is 1. The van der Waals surface area contributed by atoms with Gasteiger partial charge in [0.15, 0.2) is 0 Å². The van der Waals surface area contributed by atoms with Crippen molar-refractivity contribution in [1.29, 1.82) is 0 Å². The minimum atomic E-state index is -0.729. The average Bonchev–Trinajstić information content (AvgIpc) is 2.42. The summed E-state index contributed by atoms with van der Waals surface area (Å²) < 4.78 is 13.2. The van der Waals surface area contributed by atoms with Crippen LogP contribution in [0.15, 0.2) is 18.2 Å². The number of benzene rings is 1. The Hall–Kier alpha value is -1.42. The van der Waals surface area contributed by atoms with E-state index in [0.717, 1.165) is 43.6 Å². The lowest BCUT2D eigenvalue weighted by Crippen LogP contribution is -2.44. The monoisotopic (exact) mass is 293 g/mol. The minimum Gasteiger partial charge on any atom is -0.481 e. The predicted molar refractivity (Wildman–Crippen MR) is 80.6 cm³/mol. The van der Waals surface area contributed by atoms with Gasteiger partial charge in [0, 0.05) is 13.1 Å². The third-order valence-corrected chi connectivity index (χ3v) is 4.78. The van der Waals surface area contributed by atoms with E-state index in [0.29, 0.717) is 0 Å². The number of halogens is 1. The highest BCUT2D eigenvalue weighted by molar-refractivity contribution is 5.74. The first kappa shape index (κ1) is 16.0. The van der Waals surface area contributed by atoms with E-state index >= 15 is 0 Å². The van der Waals surface area contributed by atoms with Crippen molar-refractivity contribution in [3.05, 3.63) is 35.1 Å². The summed E-state index contributed by atoms with van der Waals surface area (Å²) in [6.45, 7) is 8.07. The molecule has 4 heteroatoms. The Bertz CT molecular complexity index is 528. The maximum atomic E-state index is 13.2. The largest absolute Gasteiger partial charge is 0.481 e. The summed E-state index contributed by atoms with van der Waals surface area (Å²) in [5.41, 5.74) is 1.37. The van der Waals surface area contributed by atoms with E-state index in [1.54, 1.807) is 6.07 Å². The van der Waals surface area contributed by atoms with Crippen LogP contribution >= 0.6 is 0 Å². The lowest BCUT2D eigenvalue weighted by atomic mass is 9.74. The van der Waals surface area contributed by atoms with Crippen LogP contribution in [0.1, 0.15) is 37.8 Å². The summed E-state index contributed by atoms with van der Waals surface area (Å²) in [7, 11) is 0. The number of rotatable bonds is 4. The molecule has 2 rings (SSSR count). The Kier molecular flexibility index (Phi) is 4.67. The van der Waals surface area contributed by atoms with Crippen molar-refractivity contribution in [1.82, 2.24) is 4.90 Å². The summed E-state index contributed by atoms with van der Waals surface area (Å²) in [4.78, 5) is 13.7. The quantitative estimate of drug-likeness (QED) is 0.924. The molecule has 0 amide bonds. The van der Waals surface area contributed by atoms with Gasteiger partial charge in [0.25, 0.3) is 0 Å². The van der Waals surface area contributed by atoms with Gasteiger partial charge in [0.2, 0.25) is 0 Å². The van der Waals surface area contributed by atoms with Crippen LogP contribution in [0, 0.1) is 24.1 Å². The summed E-state index contributed by atoms with van der Waals surface area (Å²) >= 11 is 0. The normalized spacial score (nSPS) is 20.5. The molecule has 3 nitrogen and oxygen atoms in total. The number of hydrogen-bond donors (Lipinski definition) is 1. The average molecular weight is 293 g/mol. The van der Waals surface area contributed by atoms with Crippen molar-refractivity contribution in [3.8, 4) is 0 Å². The van der Waals surface area contributed by atoms with Gasteiger partial charge >= 0.3 is 5.97 Å². The van der Waals surface area contributed by atoms with Crippen molar-refractivity contribution >= 4 is 5.97 Å². The third-order valence-electron chi connectivity index (χ3n) is 4.78. The molecule has 1 heterocycles. The molecule has 0 bridgehead atoms. The number of nitrogens with zero attached hydrogens (tertiary/aromatic N) is 1. The molecule has 0 saturated carbocycles. The smallest absolute Gasteiger partial charge is 0.309 e. The van der Waals surface area contributed by atoms with Gasteiger partial charge in [-0.15, -0.1) is 0 Å². The molecule has 21 heavy (non-hydrogen) atoms. The predicted octanol–water partition coefficient (Wildman–Crippen LogP) is 3.46. The molecule has 1 unspecified atom stereocenters. The van der Waals surface area contributed by atoms with Crippen LogP contribution in [0.4, 0.5) is 4.39 Å². The lowest BCUT2D eigenvalue weighted by molar-refractivity contribution is -0.151. The van der Waals surface area contributed by atoms with E-state index in [-0.39, 0.29) is 11.7 Å². The zero-order valence-corrected chi connectivity index (χ0v) is 13.0. The van der Waals surface area contributed by atoms with Crippen LogP contribution < -0.4 is 0 Å². The van der Waals surface area contributed by atoms with Crippen LogP contribution in [-0.2, 0) is 11.3 Å². The molecule has 1 aromatic rings. The molecule has 1 aliphatic heterocycles. The topological polar surface area (TPSA) is 40.5 Å². The van der Waals surface area contributed by atoms with Crippen molar-refractivity contribution in [2.45, 2.75) is 40.2 Å². The van der Waals surface area contributed by atoms with Gasteiger partial charge in [0.05, 0.1) is 5.41 Å². The highest BCUT2D eigenvalue weighted by atomic mass is 19.1. The van der Waals surface area contributed by atoms with Crippen molar-refractivity contribution < 1.29 is 14.3 Å². The summed E-state index contributed by atoms with van der Waals surface area (Å²) in [6.07, 6.45) is 1.97. The standard InChI is InChI=1S/C17H24FNO2/c1-12-9-15(18)7-6-13(12)10-19-8-4-5-14(11-19)17(2,3)16(20)21/h6-7,9,14H,4-5,8,10-11H2,1-3H3,(H,20,21). The third kappa shape index (κ3) is 3.62. The van der Waals surface area contributed by atoms with Crippen LogP contribution in [0.25, 0.3) is 0 Å². The maximum absolute atomic E-state index is 13.2. The number of likely N-dealkylation sites (tertiary alicyclic amines) is 1. The Morgan fingerprint density at radius 1 is 1.48 bits per heavy atom. The molecule has 1 N–H and O–H groups in total. The second-order valence-electron chi connectivity index (χ2n) is 6.67. The van der Waals surface area contributed by atoms with E-state index in [1.165, 1.54) is 6.07 Å². The molecule has 0 spiro atoms. The summed E-state index contributed by atoms with van der Waals surface area (Å²) in [5.74, 6) is -0.781. The summed E-state index contributed by atoms with van der Waals surface area (Å²) in [6, 6.07) is 4.87. The molecule has 1 saturated heterocycles. The van der Waals surface area contributed by atoms with E-state index in [4.69, 9.17) is 0 Å². The molecule has 0 aliphatic carbocycles. The van der Waals surface area contributed by atoms with E-state index in [2.05, 4.69) is 4.90 Å². The second-order valence-corrected chi connectivity index (χ2v) is 6.67. The molecule has 1 aliphatic rings. The van der Waals surface area contributed by atoms with Crippen LogP contribution in [0.3, 0.4) is 0 Å². The van der Waals surface area contributed by atoms with Gasteiger partial charge in [0.1, 0.15) is 5.82 Å². The molecule has 0 aromatic heterocycles. The number of hydrogen-bond acceptors (Lipinski definition) is 2. The van der Waals surface area contributed by atoms with Gasteiger partial charge in [-0.25, -0.2) is 4.39 Å². The van der Waals surface area contributed by atoms with E-state index in [9.17, 15) is 14.3 Å². The van der Waals surface area contributed by atoms with Crippen molar-refractivity contribution in [2.24, 2.45) is 11.3 Å². The van der Waals surface area contributed by atoms with Crippen molar-refractivity contribution in [2.75, 3.05) is 13.1 Å². The molecule has 1 aromatic carbocycles. The number of aliphatic carboxylic acids is 1. The first-order valence-electron chi connectivity index (χ1n) is 7.51. The molecule has 1 atom stereocenters. The fourth-order valence-electron chi connectivity index (χ4n) is 3.04. The number of carboxylic acids is 1. The minimum absolute atomic E-state index is 0.157.